The van der Waals surface area contributed by atoms with E-state index in [1.54, 1.807) is 42.5 Å². The molecule has 10 heteroatoms. The van der Waals surface area contributed by atoms with Gasteiger partial charge in [-0.25, -0.2) is 0 Å². The average Bonchev–Trinajstić information content (AvgIpc) is 2.72. The van der Waals surface area contributed by atoms with Crippen molar-refractivity contribution < 1.29 is 36.2 Å². The lowest BCUT2D eigenvalue weighted by Gasteiger charge is -2.29. The van der Waals surface area contributed by atoms with Crippen LogP contribution in [-0.4, -0.2) is 29.4 Å². The van der Waals surface area contributed by atoms with Gasteiger partial charge in [-0.15, -0.1) is 0 Å². The number of hydrogen-bond acceptors (Lipinski definition) is 4. The number of nitrogens with zero attached hydrogens (tertiary/aromatic N) is 1. The average molecular weight is 487 g/mol. The molecule has 0 spiro atoms. The van der Waals surface area contributed by atoms with Gasteiger partial charge in [-0.2, -0.15) is 26.3 Å². The molecule has 0 amide bonds. The second kappa shape index (κ2) is 10.4. The summed E-state index contributed by atoms with van der Waals surface area (Å²) in [5.41, 5.74) is -3.83. The van der Waals surface area contributed by atoms with E-state index in [0.717, 1.165) is 0 Å². The first-order valence-corrected chi connectivity index (χ1v) is 10.5. The Bertz CT molecular complexity index is 1040. The first kappa shape index (κ1) is 24.8. The zero-order chi connectivity index (χ0) is 24.1. The Morgan fingerprint density at radius 1 is 0.818 bits per heavy atom. The summed E-state index contributed by atoms with van der Waals surface area (Å²) in [6.45, 7) is -0.969. The Kier molecular flexibility index (Phi) is 7.80. The third-order valence-electron chi connectivity index (χ3n) is 4.44. The minimum absolute atomic E-state index is 0.0857. The minimum atomic E-state index is -4.86. The van der Waals surface area contributed by atoms with E-state index in [9.17, 15) is 31.4 Å². The molecule has 0 saturated heterocycles. The molecule has 3 nitrogen and oxygen atoms in total. The van der Waals surface area contributed by atoms with Gasteiger partial charge in [0.05, 0.1) is 6.54 Å². The van der Waals surface area contributed by atoms with Crippen LogP contribution in [0.3, 0.4) is 0 Å². The second-order valence-electron chi connectivity index (χ2n) is 7.05. The summed E-state index contributed by atoms with van der Waals surface area (Å²) in [4.78, 5) is 1.16. The maximum Gasteiger partial charge on any atom is 0.446 e. The number of aliphatic hydroxyl groups is 1. The van der Waals surface area contributed by atoms with Crippen LogP contribution in [0.4, 0.5) is 32.0 Å². The molecule has 3 rings (SSSR count). The van der Waals surface area contributed by atoms with Crippen molar-refractivity contribution in [1.82, 2.24) is 0 Å². The SMILES string of the molecule is OC(CN(Cc1cccc(SC(F)(F)F)c1)c1cccc(Oc2ccccc2)c1)C(F)(F)F. The highest BCUT2D eigenvalue weighted by molar-refractivity contribution is 8.00. The number of aliphatic hydroxyl groups excluding tert-OH is 1. The van der Waals surface area contributed by atoms with Crippen LogP contribution in [0, 0.1) is 0 Å². The Balaban J connectivity index is 1.87. The summed E-state index contributed by atoms with van der Waals surface area (Å²) < 4.78 is 83.0. The molecule has 1 unspecified atom stereocenters. The van der Waals surface area contributed by atoms with Gasteiger partial charge in [0.1, 0.15) is 11.5 Å². The summed E-state index contributed by atoms with van der Waals surface area (Å²) in [6.07, 6.45) is -7.51. The topological polar surface area (TPSA) is 32.7 Å². The van der Waals surface area contributed by atoms with Crippen LogP contribution in [0.2, 0.25) is 0 Å². The number of halogens is 6. The predicted octanol–water partition coefficient (Wildman–Crippen LogP) is 7.02. The molecule has 1 atom stereocenters. The van der Waals surface area contributed by atoms with Crippen molar-refractivity contribution in [1.29, 1.82) is 0 Å². The lowest BCUT2D eigenvalue weighted by atomic mass is 10.1. The molecule has 0 fully saturated rings. The van der Waals surface area contributed by atoms with E-state index in [-0.39, 0.29) is 23.2 Å². The Morgan fingerprint density at radius 2 is 1.48 bits per heavy atom. The molecular weight excluding hydrogens is 468 g/mol. The summed E-state index contributed by atoms with van der Waals surface area (Å²) in [5.74, 6) is 0.875. The number of rotatable bonds is 8. The third-order valence-corrected chi connectivity index (χ3v) is 5.16. The van der Waals surface area contributed by atoms with Crippen molar-refractivity contribution in [2.45, 2.75) is 29.2 Å². The van der Waals surface area contributed by atoms with Crippen LogP contribution >= 0.6 is 11.8 Å². The van der Waals surface area contributed by atoms with Gasteiger partial charge >= 0.3 is 11.7 Å². The molecule has 0 aromatic heterocycles. The molecular formula is C23H19F6NO2S. The monoisotopic (exact) mass is 487 g/mol. The number of anilines is 1. The highest BCUT2D eigenvalue weighted by Crippen LogP contribution is 2.37. The van der Waals surface area contributed by atoms with Crippen molar-refractivity contribution in [2.75, 3.05) is 11.4 Å². The Morgan fingerprint density at radius 3 is 2.15 bits per heavy atom. The fraction of sp³-hybridized carbons (Fsp3) is 0.217. The second-order valence-corrected chi connectivity index (χ2v) is 8.18. The van der Waals surface area contributed by atoms with E-state index >= 15 is 0 Å². The fourth-order valence-electron chi connectivity index (χ4n) is 3.00. The summed E-state index contributed by atoms with van der Waals surface area (Å²) >= 11 is -0.308. The van der Waals surface area contributed by atoms with Crippen LogP contribution in [0.15, 0.2) is 83.8 Å². The van der Waals surface area contributed by atoms with Gasteiger partial charge in [-0.1, -0.05) is 36.4 Å². The van der Waals surface area contributed by atoms with Gasteiger partial charge in [0.25, 0.3) is 0 Å². The van der Waals surface area contributed by atoms with Crippen molar-refractivity contribution >= 4 is 17.4 Å². The molecule has 0 aliphatic heterocycles. The van der Waals surface area contributed by atoms with Gasteiger partial charge in [-0.05, 0) is 53.7 Å². The van der Waals surface area contributed by atoms with Crippen molar-refractivity contribution in [3.05, 3.63) is 84.4 Å². The minimum Gasteiger partial charge on any atom is -0.457 e. The molecule has 0 aliphatic rings. The number of ether oxygens (including phenoxy) is 1. The number of hydrogen-bond donors (Lipinski definition) is 1. The zero-order valence-corrected chi connectivity index (χ0v) is 17.8. The molecule has 1 N–H and O–H groups in total. The largest absolute Gasteiger partial charge is 0.457 e. The quantitative estimate of drug-likeness (QED) is 0.273. The normalized spacial score (nSPS) is 12.9. The number of alkyl halides is 6. The van der Waals surface area contributed by atoms with E-state index in [1.165, 1.54) is 41.3 Å². The van der Waals surface area contributed by atoms with Gasteiger partial charge in [0.15, 0.2) is 6.10 Å². The summed E-state index contributed by atoms with van der Waals surface area (Å²) in [7, 11) is 0. The summed E-state index contributed by atoms with van der Waals surface area (Å²) in [6, 6.07) is 20.4. The van der Waals surface area contributed by atoms with E-state index in [1.807, 2.05) is 0 Å². The molecule has 3 aromatic carbocycles. The fourth-order valence-corrected chi connectivity index (χ4v) is 3.63. The lowest BCUT2D eigenvalue weighted by Crippen LogP contribution is -2.40. The molecule has 3 aromatic rings. The molecule has 0 bridgehead atoms. The van der Waals surface area contributed by atoms with Crippen LogP contribution in [-0.2, 0) is 6.54 Å². The molecule has 176 valence electrons. The highest BCUT2D eigenvalue weighted by atomic mass is 32.2. The van der Waals surface area contributed by atoms with Crippen LogP contribution in [0.5, 0.6) is 11.5 Å². The molecule has 0 heterocycles. The highest BCUT2D eigenvalue weighted by Gasteiger charge is 2.39. The summed E-state index contributed by atoms with van der Waals surface area (Å²) in [5, 5.41) is 9.66. The number of benzene rings is 3. The van der Waals surface area contributed by atoms with E-state index < -0.39 is 24.3 Å². The zero-order valence-electron chi connectivity index (χ0n) is 17.0. The number of para-hydroxylation sites is 1. The van der Waals surface area contributed by atoms with Crippen LogP contribution in [0.1, 0.15) is 5.56 Å². The van der Waals surface area contributed by atoms with Gasteiger partial charge in [0.2, 0.25) is 0 Å². The molecule has 33 heavy (non-hydrogen) atoms. The Hall–Kier alpha value is -2.85. The third kappa shape index (κ3) is 7.90. The molecule has 0 saturated carbocycles. The van der Waals surface area contributed by atoms with E-state index in [0.29, 0.717) is 22.7 Å². The maximum absolute atomic E-state index is 13.1. The smallest absolute Gasteiger partial charge is 0.446 e. The molecule has 0 radical (unpaired) electrons. The lowest BCUT2D eigenvalue weighted by molar-refractivity contribution is -0.200. The van der Waals surface area contributed by atoms with E-state index in [4.69, 9.17) is 4.74 Å². The van der Waals surface area contributed by atoms with Crippen molar-refractivity contribution in [3.63, 3.8) is 0 Å². The van der Waals surface area contributed by atoms with E-state index in [2.05, 4.69) is 0 Å². The molecule has 0 aliphatic carbocycles. The first-order chi connectivity index (χ1) is 15.5. The van der Waals surface area contributed by atoms with Gasteiger partial charge in [0, 0.05) is 23.2 Å². The van der Waals surface area contributed by atoms with Crippen LogP contribution in [0.25, 0.3) is 0 Å². The van der Waals surface area contributed by atoms with Crippen molar-refractivity contribution in [3.8, 4) is 11.5 Å². The standard InChI is InChI=1S/C23H19F6NO2S/c24-22(25,26)21(31)15-30(14-16-6-4-11-20(12-16)33-23(27,28)29)17-7-5-10-19(13-17)32-18-8-2-1-3-9-18/h1-13,21,31H,14-15H2. The maximum atomic E-state index is 13.1. The van der Waals surface area contributed by atoms with Gasteiger partial charge in [-0.3, -0.25) is 0 Å². The Labute approximate surface area is 190 Å². The van der Waals surface area contributed by atoms with Crippen LogP contribution < -0.4 is 9.64 Å². The first-order valence-electron chi connectivity index (χ1n) is 9.67. The number of thioether (sulfide) groups is 1. The predicted molar refractivity (Wildman–Crippen MR) is 114 cm³/mol. The van der Waals surface area contributed by atoms with Crippen molar-refractivity contribution in [2.24, 2.45) is 0 Å². The van der Waals surface area contributed by atoms with Gasteiger partial charge < -0.3 is 14.7 Å².